The third kappa shape index (κ3) is 4.63. The Morgan fingerprint density at radius 2 is 2.03 bits per heavy atom. The van der Waals surface area contributed by atoms with E-state index in [1.807, 2.05) is 30.3 Å². The minimum absolute atomic E-state index is 0.0461. The van der Waals surface area contributed by atoms with Gasteiger partial charge in [0, 0.05) is 43.0 Å². The summed E-state index contributed by atoms with van der Waals surface area (Å²) in [4.78, 5) is 14.8. The van der Waals surface area contributed by atoms with Gasteiger partial charge in [-0.2, -0.15) is 0 Å². The molecule has 2 aliphatic rings. The number of fused-ring (bicyclic) bond motifs is 1. The van der Waals surface area contributed by atoms with Crippen molar-refractivity contribution in [3.8, 4) is 0 Å². The standard InChI is InChI=1S/C22H27NO6/c24-9-3-4-10-27-21-14-16(18-15-28-19-6-2-1-5-17(18)19)13-20(29-21)22(25)23-7-11-26-12-8-23/h1-2,5-6,13,15-16,21,24H,3-4,7-12,14H2/t16-,21+/m1/s1. The number of hydrogen-bond donors (Lipinski definition) is 1. The van der Waals surface area contributed by atoms with Gasteiger partial charge in [0.2, 0.25) is 6.29 Å². The summed E-state index contributed by atoms with van der Waals surface area (Å²) < 4.78 is 22.9. The number of nitrogens with zero attached hydrogens (tertiary/aromatic N) is 1. The molecule has 1 saturated heterocycles. The number of aliphatic hydroxyl groups excluding tert-OH is 1. The minimum atomic E-state index is -0.516. The first kappa shape index (κ1) is 19.9. The van der Waals surface area contributed by atoms with E-state index in [4.69, 9.17) is 23.7 Å². The van der Waals surface area contributed by atoms with Crippen LogP contribution in [0.1, 0.15) is 30.7 Å². The van der Waals surface area contributed by atoms with Crippen LogP contribution < -0.4 is 0 Å². The second-order valence-electron chi connectivity index (χ2n) is 7.31. The van der Waals surface area contributed by atoms with Crippen molar-refractivity contribution >= 4 is 16.9 Å². The second-order valence-corrected chi connectivity index (χ2v) is 7.31. The zero-order chi connectivity index (χ0) is 20.1. The molecule has 1 aromatic heterocycles. The molecule has 29 heavy (non-hydrogen) atoms. The zero-order valence-electron chi connectivity index (χ0n) is 16.4. The first-order valence-corrected chi connectivity index (χ1v) is 10.2. The molecule has 0 bridgehead atoms. The average molecular weight is 401 g/mol. The molecule has 1 amide bonds. The van der Waals surface area contributed by atoms with Crippen molar-refractivity contribution in [2.24, 2.45) is 0 Å². The maximum Gasteiger partial charge on any atom is 0.288 e. The molecule has 2 aliphatic heterocycles. The molecule has 0 radical (unpaired) electrons. The van der Waals surface area contributed by atoms with E-state index in [0.29, 0.717) is 51.5 Å². The molecule has 1 aromatic carbocycles. The molecule has 0 unspecified atom stereocenters. The first-order valence-electron chi connectivity index (χ1n) is 10.2. The topological polar surface area (TPSA) is 81.4 Å². The van der Waals surface area contributed by atoms with E-state index in [9.17, 15) is 4.79 Å². The van der Waals surface area contributed by atoms with Crippen molar-refractivity contribution in [1.29, 1.82) is 0 Å². The Hall–Kier alpha value is -2.35. The monoisotopic (exact) mass is 401 g/mol. The number of furan rings is 1. The summed E-state index contributed by atoms with van der Waals surface area (Å²) in [5.41, 5.74) is 1.85. The molecule has 3 heterocycles. The Labute approximate surface area is 169 Å². The number of amides is 1. The number of unbranched alkanes of at least 4 members (excludes halogenated alkanes) is 1. The molecule has 4 rings (SSSR count). The number of carbonyl (C=O) groups excluding carboxylic acids is 1. The van der Waals surface area contributed by atoms with Crippen LogP contribution in [0.15, 0.2) is 46.8 Å². The van der Waals surface area contributed by atoms with E-state index in [0.717, 1.165) is 23.0 Å². The Bertz CT molecular complexity index is 854. The molecule has 1 fully saturated rings. The first-order chi connectivity index (χ1) is 14.3. The fraction of sp³-hybridized carbons (Fsp3) is 0.500. The molecule has 2 atom stereocenters. The Kier molecular flexibility index (Phi) is 6.49. The maximum atomic E-state index is 13.0. The third-order valence-corrected chi connectivity index (χ3v) is 5.33. The lowest BCUT2D eigenvalue weighted by atomic mass is 9.92. The SMILES string of the molecule is O=C(C1=C[C@@H](c2coc3ccccc23)C[C@@H](OCCCCO)O1)N1CCOCC1. The van der Waals surface area contributed by atoms with E-state index < -0.39 is 6.29 Å². The number of benzene rings is 1. The van der Waals surface area contributed by atoms with Crippen molar-refractivity contribution in [3.63, 3.8) is 0 Å². The predicted octanol–water partition coefficient (Wildman–Crippen LogP) is 2.79. The van der Waals surface area contributed by atoms with E-state index in [2.05, 4.69) is 0 Å². The minimum Gasteiger partial charge on any atom is -0.464 e. The summed E-state index contributed by atoms with van der Waals surface area (Å²) in [7, 11) is 0. The number of allylic oxidation sites excluding steroid dienone is 1. The van der Waals surface area contributed by atoms with Gasteiger partial charge < -0.3 is 28.6 Å². The van der Waals surface area contributed by atoms with Gasteiger partial charge in [0.25, 0.3) is 5.91 Å². The van der Waals surface area contributed by atoms with Gasteiger partial charge in [-0.05, 0) is 25.0 Å². The highest BCUT2D eigenvalue weighted by Gasteiger charge is 2.32. The number of para-hydroxylation sites is 1. The van der Waals surface area contributed by atoms with E-state index in [1.54, 1.807) is 11.2 Å². The summed E-state index contributed by atoms with van der Waals surface area (Å²) in [5, 5.41) is 10.00. The van der Waals surface area contributed by atoms with Gasteiger partial charge in [0.05, 0.1) is 26.1 Å². The predicted molar refractivity (Wildman–Crippen MR) is 106 cm³/mol. The highest BCUT2D eigenvalue weighted by Crippen LogP contribution is 2.36. The quantitative estimate of drug-likeness (QED) is 0.719. The fourth-order valence-electron chi connectivity index (χ4n) is 3.76. The second kappa shape index (κ2) is 9.43. The van der Waals surface area contributed by atoms with Crippen molar-refractivity contribution in [2.45, 2.75) is 31.5 Å². The van der Waals surface area contributed by atoms with Crippen LogP contribution in [0, 0.1) is 0 Å². The smallest absolute Gasteiger partial charge is 0.288 e. The molecular weight excluding hydrogens is 374 g/mol. The average Bonchev–Trinajstić information content (AvgIpc) is 3.21. The fourth-order valence-corrected chi connectivity index (χ4v) is 3.76. The normalized spacial score (nSPS) is 22.4. The summed E-state index contributed by atoms with van der Waals surface area (Å²) in [6, 6.07) is 7.88. The van der Waals surface area contributed by atoms with Crippen molar-refractivity contribution in [3.05, 3.63) is 47.9 Å². The van der Waals surface area contributed by atoms with Gasteiger partial charge in [-0.1, -0.05) is 18.2 Å². The van der Waals surface area contributed by atoms with Crippen LogP contribution in [0.25, 0.3) is 11.0 Å². The molecular formula is C22H27NO6. The van der Waals surface area contributed by atoms with Gasteiger partial charge in [-0.15, -0.1) is 0 Å². The van der Waals surface area contributed by atoms with Gasteiger partial charge in [0.15, 0.2) is 5.76 Å². The van der Waals surface area contributed by atoms with Crippen LogP contribution in [0.5, 0.6) is 0 Å². The lowest BCUT2D eigenvalue weighted by molar-refractivity contribution is -0.155. The molecule has 0 spiro atoms. The summed E-state index contributed by atoms with van der Waals surface area (Å²) in [6.45, 7) is 2.80. The lowest BCUT2D eigenvalue weighted by Crippen LogP contribution is -2.43. The van der Waals surface area contributed by atoms with Crippen LogP contribution in [-0.2, 0) is 19.0 Å². The Morgan fingerprint density at radius 1 is 1.21 bits per heavy atom. The lowest BCUT2D eigenvalue weighted by Gasteiger charge is -2.32. The van der Waals surface area contributed by atoms with Gasteiger partial charge in [-0.25, -0.2) is 0 Å². The highest BCUT2D eigenvalue weighted by molar-refractivity contribution is 5.92. The Balaban J connectivity index is 1.56. The molecule has 1 N–H and O–H groups in total. The van der Waals surface area contributed by atoms with Crippen molar-refractivity contribution < 1.29 is 28.5 Å². The molecule has 0 saturated carbocycles. The largest absolute Gasteiger partial charge is 0.464 e. The number of hydrogen-bond acceptors (Lipinski definition) is 6. The molecule has 156 valence electrons. The van der Waals surface area contributed by atoms with Gasteiger partial charge in [-0.3, -0.25) is 4.79 Å². The number of carbonyl (C=O) groups is 1. The summed E-state index contributed by atoms with van der Waals surface area (Å²) >= 11 is 0. The third-order valence-electron chi connectivity index (χ3n) is 5.33. The van der Waals surface area contributed by atoms with E-state index in [-0.39, 0.29) is 18.4 Å². The van der Waals surface area contributed by atoms with Gasteiger partial charge >= 0.3 is 0 Å². The number of rotatable bonds is 7. The Morgan fingerprint density at radius 3 is 2.86 bits per heavy atom. The molecule has 0 aliphatic carbocycles. The number of morpholine rings is 1. The van der Waals surface area contributed by atoms with E-state index >= 15 is 0 Å². The highest BCUT2D eigenvalue weighted by atomic mass is 16.7. The van der Waals surface area contributed by atoms with Crippen LogP contribution >= 0.6 is 0 Å². The van der Waals surface area contributed by atoms with Crippen LogP contribution in [-0.4, -0.2) is 61.7 Å². The van der Waals surface area contributed by atoms with Crippen molar-refractivity contribution in [2.75, 3.05) is 39.5 Å². The maximum absolute atomic E-state index is 13.0. The number of aliphatic hydroxyl groups is 1. The van der Waals surface area contributed by atoms with Crippen LogP contribution in [0.2, 0.25) is 0 Å². The molecule has 7 heteroatoms. The zero-order valence-corrected chi connectivity index (χ0v) is 16.4. The number of ether oxygens (including phenoxy) is 3. The van der Waals surface area contributed by atoms with Crippen molar-refractivity contribution in [1.82, 2.24) is 4.90 Å². The molecule has 2 aromatic rings. The van der Waals surface area contributed by atoms with E-state index in [1.165, 1.54) is 0 Å². The van der Waals surface area contributed by atoms with Crippen LogP contribution in [0.4, 0.5) is 0 Å². The van der Waals surface area contributed by atoms with Crippen LogP contribution in [0.3, 0.4) is 0 Å². The summed E-state index contributed by atoms with van der Waals surface area (Å²) in [6.07, 6.45) is 5.16. The molecule has 7 nitrogen and oxygen atoms in total. The summed E-state index contributed by atoms with van der Waals surface area (Å²) in [5.74, 6) is 0.144. The van der Waals surface area contributed by atoms with Gasteiger partial charge in [0.1, 0.15) is 5.58 Å².